The monoisotopic (exact) mass is 180 g/mol. The van der Waals surface area contributed by atoms with Crippen LogP contribution in [0.3, 0.4) is 0 Å². The Morgan fingerprint density at radius 1 is 1.46 bits per heavy atom. The highest BCUT2D eigenvalue weighted by Crippen LogP contribution is 2.38. The lowest BCUT2D eigenvalue weighted by atomic mass is 10.1. The molecular formula is C9H12N2O2. The molecule has 1 aromatic rings. The summed E-state index contributed by atoms with van der Waals surface area (Å²) in [6, 6.07) is 3.74. The largest absolute Gasteiger partial charge is 0.484 e. The molecule has 2 rings (SSSR count). The van der Waals surface area contributed by atoms with Gasteiger partial charge in [0.2, 0.25) is 0 Å². The average Bonchev–Trinajstić information content (AvgIpc) is 2.12. The van der Waals surface area contributed by atoms with Crippen LogP contribution >= 0.6 is 0 Å². The molecule has 1 aliphatic heterocycles. The third-order valence-electron chi connectivity index (χ3n) is 2.05. The van der Waals surface area contributed by atoms with Crippen LogP contribution < -0.4 is 20.9 Å². The zero-order valence-electron chi connectivity index (χ0n) is 7.41. The van der Waals surface area contributed by atoms with Crippen LogP contribution in [0.15, 0.2) is 12.1 Å². The predicted octanol–water partition coefficient (Wildman–Crippen LogP) is 0.633. The molecule has 4 nitrogen and oxygen atoms in total. The maximum Gasteiger partial charge on any atom is 0.186 e. The predicted molar refractivity (Wildman–Crippen MR) is 49.7 cm³/mol. The number of hydrogen-bond acceptors (Lipinski definition) is 4. The van der Waals surface area contributed by atoms with Crippen LogP contribution in [0.25, 0.3) is 0 Å². The van der Waals surface area contributed by atoms with Crippen LogP contribution in [0.4, 0.5) is 5.69 Å². The van der Waals surface area contributed by atoms with Crippen molar-refractivity contribution in [1.29, 1.82) is 0 Å². The summed E-state index contributed by atoms with van der Waals surface area (Å²) >= 11 is 0. The molecule has 1 aromatic carbocycles. The number of fused-ring (bicyclic) bond motifs is 1. The summed E-state index contributed by atoms with van der Waals surface area (Å²) in [5.74, 6) is 1.24. The molecule has 0 spiro atoms. The lowest BCUT2D eigenvalue weighted by Crippen LogP contribution is -2.37. The summed E-state index contributed by atoms with van der Waals surface area (Å²) in [5.41, 5.74) is 12.9. The Morgan fingerprint density at radius 3 is 3.00 bits per heavy atom. The van der Waals surface area contributed by atoms with E-state index in [1.165, 1.54) is 0 Å². The summed E-state index contributed by atoms with van der Waals surface area (Å²) in [6.07, 6.45) is -0.420. The number of hydrogen-bond donors (Lipinski definition) is 2. The highest BCUT2D eigenvalue weighted by molar-refractivity contribution is 5.65. The van der Waals surface area contributed by atoms with Crippen molar-refractivity contribution in [2.45, 2.75) is 13.2 Å². The van der Waals surface area contributed by atoms with Gasteiger partial charge in [-0.2, -0.15) is 0 Å². The maximum absolute atomic E-state index is 5.81. The molecule has 13 heavy (non-hydrogen) atoms. The van der Waals surface area contributed by atoms with Gasteiger partial charge in [0.1, 0.15) is 6.61 Å². The zero-order chi connectivity index (χ0) is 9.42. The van der Waals surface area contributed by atoms with E-state index in [2.05, 4.69) is 0 Å². The lowest BCUT2D eigenvalue weighted by molar-refractivity contribution is 0.0967. The van der Waals surface area contributed by atoms with Crippen molar-refractivity contribution in [3.05, 3.63) is 17.7 Å². The smallest absolute Gasteiger partial charge is 0.186 e. The van der Waals surface area contributed by atoms with E-state index in [0.29, 0.717) is 23.8 Å². The molecule has 1 unspecified atom stereocenters. The first-order valence-electron chi connectivity index (χ1n) is 4.12. The summed E-state index contributed by atoms with van der Waals surface area (Å²) in [5, 5.41) is 0. The van der Waals surface area contributed by atoms with Crippen molar-refractivity contribution < 1.29 is 9.47 Å². The van der Waals surface area contributed by atoms with Crippen molar-refractivity contribution in [1.82, 2.24) is 0 Å². The van der Waals surface area contributed by atoms with Crippen molar-refractivity contribution in [3.63, 3.8) is 0 Å². The van der Waals surface area contributed by atoms with Gasteiger partial charge in [-0.3, -0.25) is 5.73 Å². The fraction of sp³-hybridized carbons (Fsp3) is 0.333. The van der Waals surface area contributed by atoms with Crippen molar-refractivity contribution >= 4 is 5.69 Å². The molecule has 0 bridgehead atoms. The van der Waals surface area contributed by atoms with E-state index in [-0.39, 0.29) is 0 Å². The van der Waals surface area contributed by atoms with Gasteiger partial charge in [-0.25, -0.2) is 0 Å². The zero-order valence-corrected chi connectivity index (χ0v) is 7.41. The Bertz CT molecular complexity index is 339. The Morgan fingerprint density at radius 2 is 2.23 bits per heavy atom. The van der Waals surface area contributed by atoms with E-state index < -0.39 is 6.23 Å². The summed E-state index contributed by atoms with van der Waals surface area (Å²) in [4.78, 5) is 0. The quantitative estimate of drug-likeness (QED) is 0.574. The molecule has 0 amide bonds. The van der Waals surface area contributed by atoms with E-state index in [0.717, 1.165) is 5.56 Å². The number of nitrogens with two attached hydrogens (primary N) is 2. The van der Waals surface area contributed by atoms with Crippen molar-refractivity contribution in [2.75, 3.05) is 12.3 Å². The van der Waals surface area contributed by atoms with Gasteiger partial charge in [0.25, 0.3) is 0 Å². The number of nitrogen functional groups attached to an aromatic ring is 1. The fourth-order valence-corrected chi connectivity index (χ4v) is 1.27. The molecule has 0 fully saturated rings. The highest BCUT2D eigenvalue weighted by Gasteiger charge is 2.20. The molecule has 0 radical (unpaired) electrons. The molecule has 70 valence electrons. The minimum Gasteiger partial charge on any atom is -0.484 e. The first kappa shape index (κ1) is 8.19. The molecule has 1 atom stereocenters. The normalized spacial score (nSPS) is 20.0. The van der Waals surface area contributed by atoms with E-state index >= 15 is 0 Å². The molecule has 0 aromatic heterocycles. The highest BCUT2D eigenvalue weighted by atomic mass is 16.6. The number of aryl methyl sites for hydroxylation is 1. The number of ether oxygens (including phenoxy) is 2. The van der Waals surface area contributed by atoms with Crippen LogP contribution in [0, 0.1) is 6.92 Å². The van der Waals surface area contributed by atoms with Crippen LogP contribution in [0.2, 0.25) is 0 Å². The Labute approximate surface area is 76.4 Å². The van der Waals surface area contributed by atoms with Gasteiger partial charge in [0.05, 0.1) is 5.69 Å². The van der Waals surface area contributed by atoms with Crippen LogP contribution in [-0.4, -0.2) is 12.8 Å². The number of anilines is 1. The fourth-order valence-electron chi connectivity index (χ4n) is 1.27. The van der Waals surface area contributed by atoms with Gasteiger partial charge in [-0.15, -0.1) is 0 Å². The Hall–Kier alpha value is -1.42. The third kappa shape index (κ3) is 1.29. The topological polar surface area (TPSA) is 70.5 Å². The lowest BCUT2D eigenvalue weighted by Gasteiger charge is -2.25. The summed E-state index contributed by atoms with van der Waals surface area (Å²) < 4.78 is 10.7. The second-order valence-corrected chi connectivity index (χ2v) is 3.09. The summed E-state index contributed by atoms with van der Waals surface area (Å²) in [6.45, 7) is 2.29. The van der Waals surface area contributed by atoms with E-state index in [1.54, 1.807) is 0 Å². The van der Waals surface area contributed by atoms with Crippen molar-refractivity contribution in [2.24, 2.45) is 5.73 Å². The molecule has 0 saturated carbocycles. The minimum atomic E-state index is -0.420. The molecule has 1 aliphatic rings. The van der Waals surface area contributed by atoms with Crippen LogP contribution in [0.5, 0.6) is 11.5 Å². The van der Waals surface area contributed by atoms with Gasteiger partial charge in [-0.05, 0) is 18.6 Å². The maximum atomic E-state index is 5.81. The molecular weight excluding hydrogens is 168 g/mol. The standard InChI is InChI=1S/C9H12N2O2/c1-5-2-3-6-9(8(5)11)13-7(10)4-12-6/h2-3,7H,4,10-11H2,1H3. The van der Waals surface area contributed by atoms with Crippen molar-refractivity contribution in [3.8, 4) is 11.5 Å². The van der Waals surface area contributed by atoms with E-state index in [1.807, 2.05) is 19.1 Å². The van der Waals surface area contributed by atoms with E-state index in [4.69, 9.17) is 20.9 Å². The van der Waals surface area contributed by atoms with Gasteiger partial charge in [0, 0.05) is 0 Å². The van der Waals surface area contributed by atoms with Gasteiger partial charge < -0.3 is 15.2 Å². The SMILES string of the molecule is Cc1ccc2c(c1N)OC(N)CO2. The molecule has 1 heterocycles. The Kier molecular flexibility index (Phi) is 1.77. The van der Waals surface area contributed by atoms with Gasteiger partial charge in [0.15, 0.2) is 17.7 Å². The first-order valence-corrected chi connectivity index (χ1v) is 4.12. The molecule has 0 saturated heterocycles. The van der Waals surface area contributed by atoms with Crippen LogP contribution in [-0.2, 0) is 0 Å². The molecule has 0 aliphatic carbocycles. The minimum absolute atomic E-state index is 0.371. The number of rotatable bonds is 0. The average molecular weight is 180 g/mol. The molecule has 4 heteroatoms. The third-order valence-corrected chi connectivity index (χ3v) is 2.05. The Balaban J connectivity index is 2.48. The molecule has 4 N–H and O–H groups in total. The second-order valence-electron chi connectivity index (χ2n) is 3.09. The van der Waals surface area contributed by atoms with Crippen LogP contribution in [0.1, 0.15) is 5.56 Å². The first-order chi connectivity index (χ1) is 6.18. The summed E-state index contributed by atoms with van der Waals surface area (Å²) in [7, 11) is 0. The van der Waals surface area contributed by atoms with Gasteiger partial charge in [-0.1, -0.05) is 6.07 Å². The van der Waals surface area contributed by atoms with E-state index in [9.17, 15) is 0 Å². The second kappa shape index (κ2) is 2.81. The number of benzene rings is 1. The van der Waals surface area contributed by atoms with Gasteiger partial charge >= 0.3 is 0 Å².